The minimum absolute atomic E-state index is 0.0214. The molecular formula is C28H20F2N6O2. The molecule has 38 heavy (non-hydrogen) atoms. The van der Waals surface area contributed by atoms with Crippen LogP contribution < -0.4 is 11.3 Å². The Labute approximate surface area is 214 Å². The van der Waals surface area contributed by atoms with Crippen LogP contribution in [0, 0.1) is 18.6 Å². The number of benzene rings is 3. The smallest absolute Gasteiger partial charge is 0.263 e. The Morgan fingerprint density at radius 2 is 1.76 bits per heavy atom. The van der Waals surface area contributed by atoms with Crippen molar-refractivity contribution in [3.63, 3.8) is 0 Å². The summed E-state index contributed by atoms with van der Waals surface area (Å²) in [4.78, 5) is 22.2. The average Bonchev–Trinajstić information content (AvgIpc) is 3.26. The molecule has 0 amide bonds. The van der Waals surface area contributed by atoms with Crippen LogP contribution in [0.25, 0.3) is 38.8 Å². The highest BCUT2D eigenvalue weighted by Gasteiger charge is 2.21. The van der Waals surface area contributed by atoms with E-state index in [0.29, 0.717) is 38.8 Å². The number of fused-ring (bicyclic) bond motifs is 2. The van der Waals surface area contributed by atoms with E-state index in [4.69, 9.17) is 5.73 Å². The molecule has 6 rings (SSSR count). The fourth-order valence-electron chi connectivity index (χ4n) is 4.76. The van der Waals surface area contributed by atoms with Crippen molar-refractivity contribution in [1.82, 2.24) is 24.3 Å². The number of phenolic OH excluding ortho intramolecular Hbond substituents is 1. The molecule has 0 spiro atoms. The molecule has 0 aliphatic carbocycles. The number of hydrogen-bond donors (Lipinski definition) is 2. The van der Waals surface area contributed by atoms with Crippen molar-refractivity contribution in [2.75, 3.05) is 5.73 Å². The van der Waals surface area contributed by atoms with Crippen LogP contribution in [-0.2, 0) is 6.54 Å². The minimum Gasteiger partial charge on any atom is -0.505 e. The van der Waals surface area contributed by atoms with Gasteiger partial charge in [-0.15, -0.1) is 0 Å². The number of pyridine rings is 1. The molecule has 0 unspecified atom stereocenters. The zero-order valence-electron chi connectivity index (χ0n) is 20.1. The van der Waals surface area contributed by atoms with Crippen molar-refractivity contribution < 1.29 is 13.9 Å². The van der Waals surface area contributed by atoms with Gasteiger partial charge in [-0.05, 0) is 54.3 Å². The monoisotopic (exact) mass is 510 g/mol. The second kappa shape index (κ2) is 8.77. The van der Waals surface area contributed by atoms with Crippen molar-refractivity contribution in [2.24, 2.45) is 0 Å². The number of phenols is 1. The highest BCUT2D eigenvalue weighted by molar-refractivity contribution is 5.98. The Morgan fingerprint density at radius 1 is 0.947 bits per heavy atom. The third-order valence-corrected chi connectivity index (χ3v) is 6.51. The second-order valence-corrected chi connectivity index (χ2v) is 8.90. The summed E-state index contributed by atoms with van der Waals surface area (Å²) >= 11 is 0. The number of aromatic nitrogens is 5. The lowest BCUT2D eigenvalue weighted by molar-refractivity contribution is 0.432. The van der Waals surface area contributed by atoms with Crippen LogP contribution in [0.1, 0.15) is 11.3 Å². The topological polar surface area (TPSA) is 112 Å². The molecule has 3 aromatic heterocycles. The van der Waals surface area contributed by atoms with Crippen LogP contribution in [-0.4, -0.2) is 29.4 Å². The summed E-state index contributed by atoms with van der Waals surface area (Å²) < 4.78 is 31.6. The Morgan fingerprint density at radius 3 is 2.55 bits per heavy atom. The van der Waals surface area contributed by atoms with Gasteiger partial charge in [0.25, 0.3) is 5.56 Å². The van der Waals surface area contributed by atoms with Gasteiger partial charge in [0.1, 0.15) is 23.7 Å². The zero-order chi connectivity index (χ0) is 26.6. The van der Waals surface area contributed by atoms with E-state index < -0.39 is 17.4 Å². The lowest BCUT2D eigenvalue weighted by Crippen LogP contribution is -2.25. The molecule has 3 heterocycles. The number of rotatable bonds is 4. The zero-order valence-corrected chi connectivity index (χ0v) is 20.1. The van der Waals surface area contributed by atoms with Gasteiger partial charge in [-0.2, -0.15) is 5.10 Å². The number of nitrogens with two attached hydrogens (primary N) is 1. The molecule has 8 nitrogen and oxygen atoms in total. The lowest BCUT2D eigenvalue weighted by atomic mass is 10.1. The van der Waals surface area contributed by atoms with Gasteiger partial charge in [0.2, 0.25) is 0 Å². The summed E-state index contributed by atoms with van der Waals surface area (Å²) in [5, 5.41) is 16.2. The Balaban J connectivity index is 1.62. The highest BCUT2D eigenvalue weighted by Crippen LogP contribution is 2.33. The van der Waals surface area contributed by atoms with Gasteiger partial charge in [0.05, 0.1) is 23.0 Å². The standard InChI is InChI=1S/C28H20F2N6O2/c1-15-5-4-6-16-11-18(36(28(38)23(15)16)21-8-3-2-7-19(21)29)13-35-27-24(26(31)32-14-33-27)25(34-35)17-9-10-20(30)22(37)12-17/h2-12,14,37H,13H2,1H3,(H2,31,32,33). The van der Waals surface area contributed by atoms with E-state index in [9.17, 15) is 14.3 Å². The largest absolute Gasteiger partial charge is 0.505 e. The van der Waals surface area contributed by atoms with Crippen molar-refractivity contribution in [1.29, 1.82) is 0 Å². The summed E-state index contributed by atoms with van der Waals surface area (Å²) in [5.74, 6) is -1.73. The van der Waals surface area contributed by atoms with Gasteiger partial charge in [-0.25, -0.2) is 23.4 Å². The first-order valence-electron chi connectivity index (χ1n) is 11.7. The van der Waals surface area contributed by atoms with Gasteiger partial charge in [0, 0.05) is 11.3 Å². The molecule has 6 aromatic rings. The number of nitrogen functional groups attached to an aromatic ring is 1. The third kappa shape index (κ3) is 3.65. The van der Waals surface area contributed by atoms with Gasteiger partial charge >= 0.3 is 0 Å². The normalized spacial score (nSPS) is 11.4. The molecule has 0 saturated carbocycles. The van der Waals surface area contributed by atoms with E-state index in [1.807, 2.05) is 31.2 Å². The van der Waals surface area contributed by atoms with E-state index in [1.165, 1.54) is 33.8 Å². The van der Waals surface area contributed by atoms with E-state index >= 15 is 4.39 Å². The highest BCUT2D eigenvalue weighted by atomic mass is 19.1. The Kier molecular flexibility index (Phi) is 5.37. The fraction of sp³-hybridized carbons (Fsp3) is 0.0714. The summed E-state index contributed by atoms with van der Waals surface area (Å²) in [6.07, 6.45) is 1.29. The molecule has 0 fully saturated rings. The molecule has 10 heteroatoms. The van der Waals surface area contributed by atoms with E-state index in [-0.39, 0.29) is 23.6 Å². The van der Waals surface area contributed by atoms with Crippen LogP contribution in [0.15, 0.2) is 77.9 Å². The van der Waals surface area contributed by atoms with E-state index in [0.717, 1.165) is 11.6 Å². The van der Waals surface area contributed by atoms with Crippen LogP contribution in [0.4, 0.5) is 14.6 Å². The predicted molar refractivity (Wildman–Crippen MR) is 140 cm³/mol. The van der Waals surface area contributed by atoms with Gasteiger partial charge in [-0.1, -0.05) is 30.3 Å². The number of aromatic hydroxyl groups is 1. The Bertz CT molecular complexity index is 1950. The summed E-state index contributed by atoms with van der Waals surface area (Å²) in [5.41, 5.74) is 8.22. The van der Waals surface area contributed by atoms with Crippen molar-refractivity contribution >= 4 is 27.6 Å². The Hall–Kier alpha value is -5.12. The summed E-state index contributed by atoms with van der Waals surface area (Å²) in [7, 11) is 0. The van der Waals surface area contributed by atoms with Gasteiger partial charge in [0.15, 0.2) is 17.2 Å². The summed E-state index contributed by atoms with van der Waals surface area (Å²) in [6, 6.07) is 17.2. The fourth-order valence-corrected chi connectivity index (χ4v) is 4.76. The quantitative estimate of drug-likeness (QED) is 0.355. The van der Waals surface area contributed by atoms with Crippen LogP contribution in [0.2, 0.25) is 0 Å². The first-order chi connectivity index (χ1) is 18.3. The van der Waals surface area contributed by atoms with Crippen molar-refractivity contribution in [3.8, 4) is 22.7 Å². The molecular weight excluding hydrogens is 490 g/mol. The van der Waals surface area contributed by atoms with Gasteiger partial charge < -0.3 is 10.8 Å². The number of aryl methyl sites for hydroxylation is 1. The SMILES string of the molecule is Cc1cccc2cc(Cn3nc(-c4ccc(F)c(O)c4)c4c(N)ncnc43)n(-c3ccccc3F)c(=O)c12. The number of halogens is 2. The van der Waals surface area contributed by atoms with E-state index in [2.05, 4.69) is 15.1 Å². The molecule has 0 radical (unpaired) electrons. The molecule has 3 aromatic carbocycles. The van der Waals surface area contributed by atoms with E-state index in [1.54, 1.807) is 18.2 Å². The predicted octanol–water partition coefficient (Wildman–Crippen LogP) is 4.72. The maximum atomic E-state index is 15.0. The number of nitrogens with zero attached hydrogens (tertiary/aromatic N) is 5. The number of anilines is 1. The first-order valence-corrected chi connectivity index (χ1v) is 11.7. The molecule has 0 aliphatic rings. The molecule has 188 valence electrons. The minimum atomic E-state index is -0.776. The first kappa shape index (κ1) is 23.3. The van der Waals surface area contributed by atoms with Crippen LogP contribution >= 0.6 is 0 Å². The second-order valence-electron chi connectivity index (χ2n) is 8.90. The number of hydrogen-bond acceptors (Lipinski definition) is 6. The van der Waals surface area contributed by atoms with Crippen LogP contribution in [0.5, 0.6) is 5.75 Å². The average molecular weight is 511 g/mol. The lowest BCUT2D eigenvalue weighted by Gasteiger charge is -2.16. The third-order valence-electron chi connectivity index (χ3n) is 6.51. The molecule has 0 bridgehead atoms. The van der Waals surface area contributed by atoms with Crippen LogP contribution in [0.3, 0.4) is 0 Å². The van der Waals surface area contributed by atoms with Gasteiger partial charge in [-0.3, -0.25) is 9.36 Å². The van der Waals surface area contributed by atoms with Crippen molar-refractivity contribution in [2.45, 2.75) is 13.5 Å². The van der Waals surface area contributed by atoms with Crippen molar-refractivity contribution in [3.05, 3.63) is 106 Å². The molecule has 0 atom stereocenters. The molecule has 3 N–H and O–H groups in total. The maximum absolute atomic E-state index is 15.0. The summed E-state index contributed by atoms with van der Waals surface area (Å²) in [6.45, 7) is 1.85. The molecule has 0 aliphatic heterocycles. The molecule has 0 saturated heterocycles. The number of para-hydroxylation sites is 1. The maximum Gasteiger partial charge on any atom is 0.263 e.